The first-order valence-electron chi connectivity index (χ1n) is 27.4. The molecule has 0 aliphatic carbocycles. The minimum atomic E-state index is -6.00. The molecule has 0 radical (unpaired) electrons. The van der Waals surface area contributed by atoms with Gasteiger partial charge in [-0.1, -0.05) is 167 Å². The maximum Gasteiger partial charge on any atom is 0.673 e. The molecular formula is C64H84B2F8N4OSi2. The lowest BCUT2D eigenvalue weighted by Gasteiger charge is -2.13. The van der Waals surface area contributed by atoms with Crippen LogP contribution in [0.4, 0.5) is 34.5 Å². The summed E-state index contributed by atoms with van der Waals surface area (Å²) in [6.07, 6.45) is 12.5. The zero-order valence-corrected chi connectivity index (χ0v) is 45.6. The van der Waals surface area contributed by atoms with Crippen LogP contribution in [0.1, 0.15) is 78.1 Å². The third-order valence-corrected chi connectivity index (χ3v) is 12.1. The molecule has 8 rings (SSSR count). The Morgan fingerprint density at radius 3 is 0.963 bits per heavy atom. The predicted octanol–water partition coefficient (Wildman–Crippen LogP) is 15.3. The second-order valence-corrected chi connectivity index (χ2v) is 18.5. The van der Waals surface area contributed by atoms with Gasteiger partial charge in [0, 0.05) is 35.2 Å². The van der Waals surface area contributed by atoms with Gasteiger partial charge in [0.2, 0.25) is 11.4 Å². The van der Waals surface area contributed by atoms with Crippen LogP contribution in [0.3, 0.4) is 0 Å². The SMILES string of the molecule is CCCCNCCCCCN.CCCCNCCCCC[n+]1c(-c2ccccc2)cc(-c2ccccc2)cc1-c1ccccc1.F[B-](F)(F)F.F[B-](F)(F)F.[SiH4].[SiH4].c1ccc(-c2cc(-c3ccccc3)[o+]c(-c3ccccc3)c2)cc1. The van der Waals surface area contributed by atoms with Gasteiger partial charge in [-0.2, -0.15) is 4.57 Å². The molecule has 2 aromatic heterocycles. The van der Waals surface area contributed by atoms with Gasteiger partial charge in [0.1, 0.15) is 6.54 Å². The van der Waals surface area contributed by atoms with Crippen molar-refractivity contribution >= 4 is 36.4 Å². The van der Waals surface area contributed by atoms with Crippen molar-refractivity contribution in [2.24, 2.45) is 5.73 Å². The van der Waals surface area contributed by atoms with Crippen LogP contribution in [0.2, 0.25) is 0 Å². The maximum atomic E-state index is 9.75. The van der Waals surface area contributed by atoms with E-state index in [2.05, 4.69) is 193 Å². The van der Waals surface area contributed by atoms with Crippen molar-refractivity contribution in [3.05, 3.63) is 206 Å². The van der Waals surface area contributed by atoms with Gasteiger partial charge in [-0.25, -0.2) is 4.42 Å². The van der Waals surface area contributed by atoms with E-state index in [0.29, 0.717) is 0 Å². The topological polar surface area (TPSA) is 65.3 Å². The number of nitrogens with one attached hydrogen (secondary N) is 2. The van der Waals surface area contributed by atoms with Gasteiger partial charge in [-0.3, -0.25) is 0 Å². The summed E-state index contributed by atoms with van der Waals surface area (Å²) in [7, 11) is -12.0. The molecule has 81 heavy (non-hydrogen) atoms. The molecule has 2 heterocycles. The van der Waals surface area contributed by atoms with Crippen LogP contribution in [0.15, 0.2) is 211 Å². The Morgan fingerprint density at radius 1 is 0.358 bits per heavy atom. The first-order valence-corrected chi connectivity index (χ1v) is 27.4. The summed E-state index contributed by atoms with van der Waals surface area (Å²) >= 11 is 0. The van der Waals surface area contributed by atoms with E-state index in [1.54, 1.807) is 0 Å². The molecular weight excluding hydrogens is 1070 g/mol. The predicted molar refractivity (Wildman–Crippen MR) is 338 cm³/mol. The van der Waals surface area contributed by atoms with Gasteiger partial charge in [0.25, 0.3) is 0 Å². The summed E-state index contributed by atoms with van der Waals surface area (Å²) in [5, 5.41) is 6.98. The zero-order chi connectivity index (χ0) is 57.0. The minimum absolute atomic E-state index is 0. The number of hydrogen-bond acceptors (Lipinski definition) is 3. The number of unbranched alkanes of at least 4 members (excludes halogenated alkanes) is 6. The van der Waals surface area contributed by atoms with Crippen LogP contribution in [-0.2, 0) is 6.54 Å². The van der Waals surface area contributed by atoms with Gasteiger partial charge in [0.15, 0.2) is 0 Å². The van der Waals surface area contributed by atoms with E-state index in [-0.39, 0.29) is 21.9 Å². The highest BCUT2D eigenvalue weighted by molar-refractivity contribution is 6.50. The van der Waals surface area contributed by atoms with E-state index in [4.69, 9.17) is 10.2 Å². The number of rotatable bonds is 23. The van der Waals surface area contributed by atoms with Crippen LogP contribution < -0.4 is 20.9 Å². The molecule has 0 bridgehead atoms. The number of aromatic nitrogens is 1. The summed E-state index contributed by atoms with van der Waals surface area (Å²) in [4.78, 5) is 0. The molecule has 0 unspecified atom stereocenters. The van der Waals surface area contributed by atoms with Gasteiger partial charge in [0.05, 0.1) is 23.3 Å². The number of nitrogens with two attached hydrogens (primary N) is 1. The number of pyridine rings is 1. The average Bonchev–Trinajstić information content (AvgIpc) is 3.49. The molecule has 17 heteroatoms. The lowest BCUT2D eigenvalue weighted by Crippen LogP contribution is -2.39. The van der Waals surface area contributed by atoms with Crippen molar-refractivity contribution in [1.82, 2.24) is 10.6 Å². The average molecular weight is 1160 g/mol. The highest BCUT2D eigenvalue weighted by atomic mass is 28.1. The Morgan fingerprint density at radius 2 is 0.642 bits per heavy atom. The molecule has 0 aliphatic heterocycles. The fourth-order valence-electron chi connectivity index (χ4n) is 8.27. The molecule has 5 nitrogen and oxygen atoms in total. The molecule has 0 fully saturated rings. The van der Waals surface area contributed by atoms with Crippen LogP contribution >= 0.6 is 0 Å². The molecule has 0 spiro atoms. The van der Waals surface area contributed by atoms with Crippen LogP contribution in [0, 0.1) is 0 Å². The van der Waals surface area contributed by atoms with E-state index in [1.807, 2.05) is 42.5 Å². The first kappa shape index (κ1) is 70.6. The van der Waals surface area contributed by atoms with Gasteiger partial charge >= 0.3 is 26.0 Å². The van der Waals surface area contributed by atoms with Gasteiger partial charge in [-0.15, -0.1) is 0 Å². The monoisotopic (exact) mass is 1150 g/mol. The molecule has 0 saturated heterocycles. The summed E-state index contributed by atoms with van der Waals surface area (Å²) in [5.41, 5.74) is 17.5. The second kappa shape index (κ2) is 40.6. The Bertz CT molecular complexity index is 2600. The fraction of sp³-hybridized carbons (Fsp3) is 0.281. The molecule has 0 saturated carbocycles. The lowest BCUT2D eigenvalue weighted by molar-refractivity contribution is -0.675. The van der Waals surface area contributed by atoms with Crippen molar-refractivity contribution in [2.75, 3.05) is 32.7 Å². The highest BCUT2D eigenvalue weighted by Crippen LogP contribution is 2.33. The molecule has 0 amide bonds. The van der Waals surface area contributed by atoms with E-state index in [1.165, 1.54) is 117 Å². The van der Waals surface area contributed by atoms with Crippen LogP contribution in [0.25, 0.3) is 67.4 Å². The smallest absolute Gasteiger partial charge is 0.418 e. The second-order valence-electron chi connectivity index (χ2n) is 18.5. The molecule has 0 aliphatic rings. The zero-order valence-electron chi connectivity index (χ0n) is 45.6. The van der Waals surface area contributed by atoms with Gasteiger partial charge in [-0.05, 0) is 158 Å². The van der Waals surface area contributed by atoms with Crippen molar-refractivity contribution in [2.45, 2.75) is 84.6 Å². The normalized spacial score (nSPS) is 10.6. The largest absolute Gasteiger partial charge is 0.673 e. The van der Waals surface area contributed by atoms with E-state index >= 15 is 0 Å². The van der Waals surface area contributed by atoms with E-state index in [0.717, 1.165) is 54.4 Å². The number of nitrogens with zero attached hydrogens (tertiary/aromatic N) is 1. The summed E-state index contributed by atoms with van der Waals surface area (Å²) < 4.78 is 86.7. The summed E-state index contributed by atoms with van der Waals surface area (Å²) in [6, 6.07) is 72.2. The summed E-state index contributed by atoms with van der Waals surface area (Å²) in [5.74, 6) is 1.74. The minimum Gasteiger partial charge on any atom is -0.418 e. The Kier molecular flexibility index (Phi) is 35.4. The number of benzene rings is 6. The van der Waals surface area contributed by atoms with E-state index in [9.17, 15) is 34.5 Å². The molecule has 4 N–H and O–H groups in total. The quantitative estimate of drug-likeness (QED) is 0.0196. The third kappa shape index (κ3) is 30.2. The highest BCUT2D eigenvalue weighted by Gasteiger charge is 2.24. The van der Waals surface area contributed by atoms with Crippen molar-refractivity contribution in [3.8, 4) is 67.4 Å². The molecule has 6 aromatic carbocycles. The molecule has 8 aromatic rings. The Balaban J connectivity index is 0.000000412. The van der Waals surface area contributed by atoms with E-state index < -0.39 is 14.5 Å². The summed E-state index contributed by atoms with van der Waals surface area (Å²) in [6.45, 7) is 10.9. The Labute approximate surface area is 485 Å². The molecule has 0 atom stereocenters. The van der Waals surface area contributed by atoms with Crippen molar-refractivity contribution < 1.29 is 43.5 Å². The van der Waals surface area contributed by atoms with Crippen LogP contribution in [0.5, 0.6) is 0 Å². The molecule has 436 valence electrons. The Hall–Kier alpha value is -6.50. The van der Waals surface area contributed by atoms with Gasteiger partial charge < -0.3 is 50.9 Å². The van der Waals surface area contributed by atoms with Crippen molar-refractivity contribution in [3.63, 3.8) is 0 Å². The standard InChI is InChI=1S/C32H37N2.C23H17O.C9H22N2.2BF4.2H4Si/c1-2-3-22-33-23-14-7-15-24-34-31(28-18-10-5-11-19-28)25-30(27-16-8-4-9-17-27)26-32(34)29-20-12-6-13-21-29;1-4-10-18(11-5-1)21-16-22(19-12-6-2-7-13-19)24-23(17-21)20-14-8-3-9-15-20;1-2-3-8-11-9-6-4-5-7-10;2*2-1(3,4)5;;/h4-6,8-13,16-21,25-26,33H,2-3,7,14-15,22-24H2,1H3;1-17H;11H,2-10H2,1H3;;;2*1H4/q2*+1;;2*-1;;. The van der Waals surface area contributed by atoms with Crippen molar-refractivity contribution in [1.29, 1.82) is 0 Å². The van der Waals surface area contributed by atoms with Crippen LogP contribution in [-0.4, -0.2) is 69.2 Å². The third-order valence-electron chi connectivity index (χ3n) is 12.1. The maximum absolute atomic E-state index is 9.75. The number of hydrogen-bond donors (Lipinski definition) is 3. The lowest BCUT2D eigenvalue weighted by atomic mass is 9.98. The number of halogens is 8. The fourth-order valence-corrected chi connectivity index (χ4v) is 8.27. The first-order chi connectivity index (χ1) is 38.2.